The van der Waals surface area contributed by atoms with Crippen molar-refractivity contribution >= 4 is 18.6 Å². The zero-order valence-corrected chi connectivity index (χ0v) is 7.95. The van der Waals surface area contributed by atoms with Gasteiger partial charge in [-0.05, 0) is 12.8 Å². The number of esters is 1. The van der Waals surface area contributed by atoms with E-state index in [1.54, 1.807) is 0 Å². The molecule has 0 aliphatic carbocycles. The van der Waals surface area contributed by atoms with Gasteiger partial charge in [-0.15, -0.1) is 0 Å². The van der Waals surface area contributed by atoms with E-state index in [2.05, 4.69) is 0 Å². The molecule has 0 saturated heterocycles. The van der Waals surface area contributed by atoms with Crippen LogP contribution in [0.3, 0.4) is 0 Å². The van der Waals surface area contributed by atoms with Crippen molar-refractivity contribution in [3.05, 3.63) is 0 Å². The molecule has 0 aliphatic rings. The highest BCUT2D eigenvalue weighted by atomic mass is 32.1. The second-order valence-electron chi connectivity index (χ2n) is 2.56. The van der Waals surface area contributed by atoms with Gasteiger partial charge in [0, 0.05) is 5.75 Å². The van der Waals surface area contributed by atoms with E-state index in [1.165, 1.54) is 0 Å². The fourth-order valence-electron chi connectivity index (χ4n) is 0.640. The van der Waals surface area contributed by atoms with E-state index < -0.39 is 0 Å². The number of ether oxygens (including phenoxy) is 1. The maximum Gasteiger partial charge on any atom is 0.308 e. The molecule has 0 saturated carbocycles. The largest absolute Gasteiger partial charge is 0.465 e. The Bertz CT molecular complexity index is 115. The fourth-order valence-corrected chi connectivity index (χ4v) is 0.993. The fraction of sp³-hybridized carbons (Fsp3) is 0.875. The molecule has 0 N–H and O–H groups in total. The third-order valence-corrected chi connectivity index (χ3v) is 1.64. The topological polar surface area (TPSA) is 26.3 Å². The van der Waals surface area contributed by atoms with Crippen molar-refractivity contribution in [2.24, 2.45) is 5.92 Å². The minimum absolute atomic E-state index is 0.0287. The van der Waals surface area contributed by atoms with Gasteiger partial charge in [-0.3, -0.25) is 4.79 Å². The minimum Gasteiger partial charge on any atom is -0.465 e. The average Bonchev–Trinajstić information content (AvgIpc) is 2.00. The first-order chi connectivity index (χ1) is 5.22. The van der Waals surface area contributed by atoms with Crippen molar-refractivity contribution in [1.82, 2.24) is 0 Å². The Hall–Kier alpha value is -0.180. The number of hydrogen-bond acceptors (Lipinski definition) is 2. The van der Waals surface area contributed by atoms with Gasteiger partial charge >= 0.3 is 5.97 Å². The molecule has 0 aromatic rings. The van der Waals surface area contributed by atoms with Crippen LogP contribution in [0.25, 0.3) is 0 Å². The van der Waals surface area contributed by atoms with E-state index in [1.807, 2.05) is 13.8 Å². The van der Waals surface area contributed by atoms with Crippen LogP contribution in [0.4, 0.5) is 0 Å². The van der Waals surface area contributed by atoms with Crippen LogP contribution in [0.5, 0.6) is 0 Å². The monoisotopic (exact) mass is 175 g/mol. The quantitative estimate of drug-likeness (QED) is 0.598. The van der Waals surface area contributed by atoms with Crippen molar-refractivity contribution < 1.29 is 9.53 Å². The first-order valence-corrected chi connectivity index (χ1v) is 4.54. The first-order valence-electron chi connectivity index (χ1n) is 3.97. The van der Waals surface area contributed by atoms with Gasteiger partial charge in [-0.2, -0.15) is 0 Å². The summed E-state index contributed by atoms with van der Waals surface area (Å²) in [7, 11) is 0. The molecular weight excluding hydrogens is 160 g/mol. The van der Waals surface area contributed by atoms with Gasteiger partial charge in [0.25, 0.3) is 0 Å². The number of carbonyl (C=O) groups excluding carboxylic acids is 1. The molecule has 0 aromatic heterocycles. The maximum absolute atomic E-state index is 11.0. The Balaban J connectivity index is 3.47. The zero-order chi connectivity index (χ0) is 8.69. The molecule has 1 atom stereocenters. The van der Waals surface area contributed by atoms with Crippen molar-refractivity contribution in [1.29, 1.82) is 0 Å². The smallest absolute Gasteiger partial charge is 0.308 e. The van der Waals surface area contributed by atoms with Crippen molar-refractivity contribution in [2.45, 2.75) is 26.7 Å². The zero-order valence-electron chi connectivity index (χ0n) is 7.13. The summed E-state index contributed by atoms with van der Waals surface area (Å²) in [6.07, 6.45) is 1.63. The molecule has 0 fully saturated rings. The highest BCUT2D eigenvalue weighted by molar-refractivity contribution is 7.80. The molecule has 0 aromatic carbocycles. The normalized spacial score (nSPS) is 12.6. The minimum atomic E-state index is -0.114. The Morgan fingerprint density at radius 1 is 1.64 bits per heavy atom. The lowest BCUT2D eigenvalue weighted by atomic mass is 10.1. The summed E-state index contributed by atoms with van der Waals surface area (Å²) >= 11 is 4.75. The lowest BCUT2D eigenvalue weighted by molar-refractivity contribution is -0.147. The lowest BCUT2D eigenvalue weighted by Crippen LogP contribution is -2.15. The Kier molecular flexibility index (Phi) is 6.42. The lowest BCUT2D eigenvalue weighted by Gasteiger charge is -2.08. The average molecular weight is 175 g/mol. The number of carbonyl (C=O) groups is 1. The van der Waals surface area contributed by atoms with E-state index in [9.17, 15) is 4.79 Å². The molecule has 0 spiro atoms. The molecular formula is C8H15O2S. The van der Waals surface area contributed by atoms with E-state index in [4.69, 9.17) is 17.4 Å². The van der Waals surface area contributed by atoms with Crippen LogP contribution in [-0.4, -0.2) is 18.3 Å². The van der Waals surface area contributed by atoms with Crippen molar-refractivity contribution in [3.8, 4) is 0 Å². The van der Waals surface area contributed by atoms with Crippen LogP contribution in [0.2, 0.25) is 0 Å². The van der Waals surface area contributed by atoms with Crippen LogP contribution in [0, 0.1) is 5.92 Å². The summed E-state index contributed by atoms with van der Waals surface area (Å²) in [6, 6.07) is 0. The molecule has 65 valence electrons. The molecule has 0 aliphatic heterocycles. The summed E-state index contributed by atoms with van der Waals surface area (Å²) in [5, 5.41) is 0. The van der Waals surface area contributed by atoms with E-state index in [-0.39, 0.29) is 11.9 Å². The highest BCUT2D eigenvalue weighted by Crippen LogP contribution is 2.05. The Morgan fingerprint density at radius 3 is 2.73 bits per heavy atom. The standard InChI is InChI=1S/C8H15O2S/c1-3-5-10-8(9)7(2)4-6-11/h7H,3-6H2,1-2H3. The van der Waals surface area contributed by atoms with Gasteiger partial charge in [-0.1, -0.05) is 26.5 Å². The van der Waals surface area contributed by atoms with Gasteiger partial charge in [0.2, 0.25) is 0 Å². The highest BCUT2D eigenvalue weighted by Gasteiger charge is 2.12. The van der Waals surface area contributed by atoms with Crippen LogP contribution >= 0.6 is 12.6 Å². The van der Waals surface area contributed by atoms with Crippen LogP contribution in [0.15, 0.2) is 0 Å². The Labute approximate surface area is 73.7 Å². The van der Waals surface area contributed by atoms with Crippen LogP contribution < -0.4 is 0 Å². The molecule has 0 rings (SSSR count). The summed E-state index contributed by atoms with van der Waals surface area (Å²) in [4.78, 5) is 11.0. The predicted octanol–water partition coefficient (Wildman–Crippen LogP) is 2.16. The summed E-state index contributed by atoms with van der Waals surface area (Å²) in [6.45, 7) is 4.36. The van der Waals surface area contributed by atoms with Gasteiger partial charge in [0.05, 0.1) is 12.5 Å². The van der Waals surface area contributed by atoms with Crippen molar-refractivity contribution in [2.75, 3.05) is 12.4 Å². The third-order valence-electron chi connectivity index (χ3n) is 1.40. The second kappa shape index (κ2) is 6.53. The van der Waals surface area contributed by atoms with E-state index in [0.29, 0.717) is 12.4 Å². The molecule has 1 unspecified atom stereocenters. The first kappa shape index (κ1) is 10.8. The summed E-state index contributed by atoms with van der Waals surface area (Å²) < 4.78 is 4.92. The van der Waals surface area contributed by atoms with Gasteiger partial charge in [0.1, 0.15) is 0 Å². The SMILES string of the molecule is CCCOC(=O)C(C)CC[S]. The van der Waals surface area contributed by atoms with Gasteiger partial charge < -0.3 is 4.74 Å². The molecule has 3 heteroatoms. The molecule has 2 nitrogen and oxygen atoms in total. The van der Waals surface area contributed by atoms with Crippen LogP contribution in [-0.2, 0) is 9.53 Å². The van der Waals surface area contributed by atoms with E-state index in [0.717, 1.165) is 12.8 Å². The molecule has 0 heterocycles. The summed E-state index contributed by atoms with van der Waals surface area (Å²) in [5.74, 6) is 0.485. The van der Waals surface area contributed by atoms with E-state index >= 15 is 0 Å². The van der Waals surface area contributed by atoms with Crippen LogP contribution in [0.1, 0.15) is 26.7 Å². The second-order valence-corrected chi connectivity index (χ2v) is 2.97. The number of hydrogen-bond donors (Lipinski definition) is 0. The molecule has 0 bridgehead atoms. The summed E-state index contributed by atoms with van der Waals surface area (Å²) in [5.41, 5.74) is 0. The number of rotatable bonds is 5. The van der Waals surface area contributed by atoms with Crippen molar-refractivity contribution in [3.63, 3.8) is 0 Å². The molecule has 0 amide bonds. The Morgan fingerprint density at radius 2 is 2.27 bits per heavy atom. The molecule has 11 heavy (non-hydrogen) atoms. The van der Waals surface area contributed by atoms with Gasteiger partial charge in [-0.25, -0.2) is 0 Å². The third kappa shape index (κ3) is 5.13. The molecule has 1 radical (unpaired) electrons. The van der Waals surface area contributed by atoms with Gasteiger partial charge in [0.15, 0.2) is 0 Å². The predicted molar refractivity (Wildman–Crippen MR) is 47.5 cm³/mol. The maximum atomic E-state index is 11.0.